The van der Waals surface area contributed by atoms with Gasteiger partial charge in [0.1, 0.15) is 11.5 Å². The molecule has 78 heavy (non-hydrogen) atoms. The molecule has 8 rings (SSSR count). The summed E-state index contributed by atoms with van der Waals surface area (Å²) in [5.41, 5.74) is -0.275. The van der Waals surface area contributed by atoms with Gasteiger partial charge in [-0.05, 0) is 143 Å². The van der Waals surface area contributed by atoms with E-state index in [1.807, 2.05) is 38.1 Å². The van der Waals surface area contributed by atoms with Crippen molar-refractivity contribution in [1.82, 2.24) is 0 Å². The van der Waals surface area contributed by atoms with Crippen LogP contribution in [0.5, 0.6) is 11.5 Å². The molecule has 14 nitrogen and oxygen atoms in total. The molecule has 0 amide bonds. The van der Waals surface area contributed by atoms with Crippen molar-refractivity contribution >= 4 is 49.8 Å². The summed E-state index contributed by atoms with van der Waals surface area (Å²) in [6, 6.07) is 7.76. The van der Waals surface area contributed by atoms with Gasteiger partial charge in [0.25, 0.3) is 0 Å². The van der Waals surface area contributed by atoms with Gasteiger partial charge in [0.15, 0.2) is 0 Å². The van der Waals surface area contributed by atoms with E-state index < -0.39 is 0 Å². The van der Waals surface area contributed by atoms with Gasteiger partial charge < -0.3 is 65.2 Å². The molecule has 446 valence electrons. The van der Waals surface area contributed by atoms with Crippen molar-refractivity contribution in [2.75, 3.05) is 26.4 Å². The molecule has 7 aliphatic heterocycles. The third-order valence-electron chi connectivity index (χ3n) is 14.0. The fourth-order valence-corrected chi connectivity index (χ4v) is 8.74. The maximum Gasteiger partial charge on any atom is 0.597 e. The first-order valence-electron chi connectivity index (χ1n) is 30.0. The first kappa shape index (κ1) is 72.9. The minimum Gasteiger partial charge on any atom is -0.523 e. The van der Waals surface area contributed by atoms with Gasteiger partial charge in [-0.15, -0.1) is 0 Å². The first-order valence-corrected chi connectivity index (χ1v) is 30.0. The van der Waals surface area contributed by atoms with E-state index in [1.54, 1.807) is 0 Å². The zero-order valence-corrected chi connectivity index (χ0v) is 54.9. The van der Waals surface area contributed by atoms with Crippen LogP contribution in [0.1, 0.15) is 213 Å². The Bertz CT molecular complexity index is 1710. The van der Waals surface area contributed by atoms with Crippen molar-refractivity contribution < 1.29 is 65.2 Å². The van der Waals surface area contributed by atoms with Gasteiger partial charge in [0, 0.05) is 56.3 Å². The van der Waals surface area contributed by atoms with Crippen LogP contribution >= 0.6 is 0 Å². The second-order valence-corrected chi connectivity index (χ2v) is 27.9. The molecular formula is C57H113B7O14. The number of hydrogen-bond donors (Lipinski definition) is 0. The standard InChI is InChI=1S/C10H21BO2.C9H11BO2.C9H19BO2.2C8H17BO2.C7H15BO2.C6H13BO2/c1-8(2)11-12-9(3,4)7-10(5,6)13-11;1-7(2)10-11-8-5-3-4-6-9(8)12-10;1-7(2)10-11-8(3,4)9(5,6)12-10;1-7(2)9-10-5-8(3,4)6-11-9;1-6(2)9-10-7(3)5-8(4)11-9;1-5(2)8-9-6(3)7(4)10-8;1-6(2)7-8-4-3-5-9-7/h8H,7H2,1-6H3;3-7H,1-2H3;7H,1-6H3;7H,5-6H2,1-4H3;6-8H,5H2,1-4H3;5-7H,1-4H3;6H,3-5H2,1-2H3. The van der Waals surface area contributed by atoms with Gasteiger partial charge in [0.05, 0.1) is 34.6 Å². The zero-order chi connectivity index (χ0) is 59.7. The van der Waals surface area contributed by atoms with Gasteiger partial charge in [0.2, 0.25) is 0 Å². The predicted molar refractivity (Wildman–Crippen MR) is 328 cm³/mol. The normalized spacial score (nSPS) is 25.6. The number of rotatable bonds is 7. The van der Waals surface area contributed by atoms with Crippen LogP contribution in [0.3, 0.4) is 0 Å². The molecule has 4 atom stereocenters. The van der Waals surface area contributed by atoms with Crippen molar-refractivity contribution in [2.24, 2.45) is 5.41 Å². The van der Waals surface area contributed by atoms with Crippen LogP contribution in [0, 0.1) is 5.41 Å². The van der Waals surface area contributed by atoms with Crippen molar-refractivity contribution in [3.8, 4) is 11.5 Å². The van der Waals surface area contributed by atoms with Gasteiger partial charge in [-0.25, -0.2) is 0 Å². The highest BCUT2D eigenvalue weighted by Crippen LogP contribution is 2.40. The van der Waals surface area contributed by atoms with Crippen LogP contribution in [-0.2, 0) is 55.9 Å². The molecule has 0 saturated carbocycles. The minimum atomic E-state index is -0.179. The Labute approximate surface area is 481 Å². The van der Waals surface area contributed by atoms with E-state index in [9.17, 15) is 0 Å². The van der Waals surface area contributed by atoms with Gasteiger partial charge in [-0.2, -0.15) is 0 Å². The number of para-hydroxylation sites is 2. The van der Waals surface area contributed by atoms with Crippen molar-refractivity contribution in [1.29, 1.82) is 0 Å². The Morgan fingerprint density at radius 3 is 1.03 bits per heavy atom. The van der Waals surface area contributed by atoms with Gasteiger partial charge in [-0.1, -0.05) is 123 Å². The molecule has 0 bridgehead atoms. The summed E-state index contributed by atoms with van der Waals surface area (Å²) in [6.07, 6.45) is 4.23. The quantitative estimate of drug-likeness (QED) is 0.240. The summed E-state index contributed by atoms with van der Waals surface area (Å²) in [4.78, 5) is 0. The maximum absolute atomic E-state index is 5.85. The smallest absolute Gasteiger partial charge is 0.523 e. The third kappa shape index (κ3) is 26.2. The molecule has 0 spiro atoms. The van der Waals surface area contributed by atoms with Gasteiger partial charge >= 0.3 is 49.8 Å². The van der Waals surface area contributed by atoms with Gasteiger partial charge in [-0.3, -0.25) is 0 Å². The van der Waals surface area contributed by atoms with Crippen LogP contribution in [0.25, 0.3) is 0 Å². The average molecular weight is 1100 g/mol. The van der Waals surface area contributed by atoms with E-state index in [4.69, 9.17) is 65.2 Å². The molecule has 0 N–H and O–H groups in total. The molecule has 21 heteroatoms. The lowest BCUT2D eigenvalue weighted by Gasteiger charge is -2.45. The molecule has 6 saturated heterocycles. The topological polar surface area (TPSA) is 129 Å². The summed E-state index contributed by atoms with van der Waals surface area (Å²) in [7, 11) is -0.114. The maximum atomic E-state index is 5.85. The van der Waals surface area contributed by atoms with E-state index in [0.29, 0.717) is 52.9 Å². The van der Waals surface area contributed by atoms with Crippen molar-refractivity contribution in [2.45, 2.75) is 301 Å². The lowest BCUT2D eigenvalue weighted by molar-refractivity contribution is -0.0791. The summed E-state index contributed by atoms with van der Waals surface area (Å²) in [5.74, 6) is 4.82. The molecular weight excluding hydrogens is 984 g/mol. The predicted octanol–water partition coefficient (Wildman–Crippen LogP) is 14.8. The van der Waals surface area contributed by atoms with Crippen molar-refractivity contribution in [3.63, 3.8) is 0 Å². The molecule has 4 unspecified atom stereocenters. The van der Waals surface area contributed by atoms with E-state index in [0.717, 1.165) is 57.2 Å². The molecule has 1 aromatic carbocycles. The third-order valence-corrected chi connectivity index (χ3v) is 14.0. The van der Waals surface area contributed by atoms with Crippen LogP contribution in [0.4, 0.5) is 0 Å². The van der Waals surface area contributed by atoms with E-state index in [2.05, 4.69) is 180 Å². The average Bonchev–Trinajstić information content (AvgIpc) is 3.98. The Morgan fingerprint density at radius 2 is 0.718 bits per heavy atom. The summed E-state index contributed by atoms with van der Waals surface area (Å²) in [5, 5.41) is 0. The second-order valence-electron chi connectivity index (χ2n) is 27.9. The molecule has 0 radical (unpaired) electrons. The Kier molecular flexibility index (Phi) is 30.6. The Hall–Kier alpha value is -1.21. The fourth-order valence-electron chi connectivity index (χ4n) is 8.74. The van der Waals surface area contributed by atoms with E-state index in [-0.39, 0.29) is 89.9 Å². The SMILES string of the molecule is CC(C)B1OC(C)(C)C(C)(C)O1.CC(C)B1OC(C)(C)CC(C)(C)O1.CC(C)B1OC(C)C(C)O1.CC(C)B1OCC(C)(C)CO1.CC(C)B1OCCCO1.CC(C)B1Oc2ccccc2O1.CC1CC(C)OB(C(C)C)O1. The van der Waals surface area contributed by atoms with Crippen LogP contribution in [-0.4, -0.2) is 123 Å². The zero-order valence-electron chi connectivity index (χ0n) is 54.9. The highest BCUT2D eigenvalue weighted by Gasteiger charge is 2.52. The lowest BCUT2D eigenvalue weighted by Crippen LogP contribution is -2.52. The molecule has 6 fully saturated rings. The first-order chi connectivity index (χ1) is 35.8. The van der Waals surface area contributed by atoms with Crippen molar-refractivity contribution in [3.05, 3.63) is 24.3 Å². The fraction of sp³-hybridized carbons (Fsp3) is 0.895. The largest absolute Gasteiger partial charge is 0.597 e. The molecule has 0 aromatic heterocycles. The number of fused-ring (bicyclic) bond motifs is 1. The second kappa shape index (κ2) is 32.7. The lowest BCUT2D eigenvalue weighted by atomic mass is 9.69. The monoisotopic (exact) mass is 1100 g/mol. The number of benzene rings is 1. The van der Waals surface area contributed by atoms with Crippen LogP contribution in [0.15, 0.2) is 24.3 Å². The molecule has 7 heterocycles. The number of hydrogen-bond acceptors (Lipinski definition) is 14. The van der Waals surface area contributed by atoms with E-state index >= 15 is 0 Å². The van der Waals surface area contributed by atoms with Crippen LogP contribution in [0.2, 0.25) is 40.7 Å². The molecule has 0 aliphatic carbocycles. The highest BCUT2D eigenvalue weighted by atomic mass is 16.7. The summed E-state index contributed by atoms with van der Waals surface area (Å²) in [6.45, 7) is 62.4. The van der Waals surface area contributed by atoms with E-state index in [1.165, 1.54) is 0 Å². The summed E-state index contributed by atoms with van der Waals surface area (Å²) >= 11 is 0. The molecule has 7 aliphatic rings. The Morgan fingerprint density at radius 1 is 0.397 bits per heavy atom. The molecule has 1 aromatic rings. The Balaban J connectivity index is 0.000000312. The minimum absolute atomic E-state index is 0.00810. The van der Waals surface area contributed by atoms with Crippen LogP contribution < -0.4 is 9.31 Å². The summed E-state index contributed by atoms with van der Waals surface area (Å²) < 4.78 is 78.3. The highest BCUT2D eigenvalue weighted by molar-refractivity contribution is 6.49.